The lowest BCUT2D eigenvalue weighted by Gasteiger charge is -2.14. The molecule has 1 aliphatic rings. The molecular formula is C23H24N4O5. The van der Waals surface area contributed by atoms with E-state index in [0.717, 1.165) is 23.0 Å². The van der Waals surface area contributed by atoms with E-state index in [1.807, 2.05) is 19.1 Å². The number of carbonyl (C=O) groups excluding carboxylic acids is 2. The van der Waals surface area contributed by atoms with Crippen LogP contribution in [0, 0.1) is 6.92 Å². The first-order chi connectivity index (χ1) is 15.3. The summed E-state index contributed by atoms with van der Waals surface area (Å²) in [7, 11) is 1.47. The van der Waals surface area contributed by atoms with Crippen molar-refractivity contribution < 1.29 is 14.3 Å². The summed E-state index contributed by atoms with van der Waals surface area (Å²) < 4.78 is 7.16. The first-order valence-electron chi connectivity index (χ1n) is 10.5. The number of fused-ring (bicyclic) bond motifs is 1. The number of hydrogen-bond acceptors (Lipinski definition) is 6. The maximum atomic E-state index is 13.3. The number of aromatic nitrogens is 3. The fourth-order valence-corrected chi connectivity index (χ4v) is 3.58. The maximum Gasteiger partial charge on any atom is 0.339 e. The monoisotopic (exact) mass is 436 g/mol. The number of ether oxygens (including phenoxy) is 1. The normalized spacial score (nSPS) is 13.2. The molecule has 1 aromatic carbocycles. The number of amides is 1. The van der Waals surface area contributed by atoms with Crippen LogP contribution in [0.5, 0.6) is 0 Å². The third-order valence-electron chi connectivity index (χ3n) is 5.44. The summed E-state index contributed by atoms with van der Waals surface area (Å²) in [6.45, 7) is 3.24. The highest BCUT2D eigenvalue weighted by Gasteiger charge is 2.29. The van der Waals surface area contributed by atoms with Crippen molar-refractivity contribution in [2.45, 2.75) is 39.2 Å². The number of anilines is 1. The summed E-state index contributed by atoms with van der Waals surface area (Å²) in [5.74, 6) is -0.994. The molecule has 1 aliphatic carbocycles. The minimum absolute atomic E-state index is 0.0296. The van der Waals surface area contributed by atoms with Gasteiger partial charge in [-0.15, -0.1) is 0 Å². The third kappa shape index (κ3) is 4.05. The van der Waals surface area contributed by atoms with E-state index < -0.39 is 29.7 Å². The Morgan fingerprint density at radius 2 is 1.88 bits per heavy atom. The van der Waals surface area contributed by atoms with E-state index in [-0.39, 0.29) is 29.1 Å². The smallest absolute Gasteiger partial charge is 0.339 e. The van der Waals surface area contributed by atoms with Gasteiger partial charge in [0, 0.05) is 24.3 Å². The van der Waals surface area contributed by atoms with Gasteiger partial charge in [0.25, 0.3) is 5.56 Å². The Kier molecular flexibility index (Phi) is 5.65. The van der Waals surface area contributed by atoms with Gasteiger partial charge in [-0.1, -0.05) is 17.7 Å². The summed E-state index contributed by atoms with van der Waals surface area (Å²) in [6.07, 6.45) is 1.87. The highest BCUT2D eigenvalue weighted by molar-refractivity contribution is 6.02. The van der Waals surface area contributed by atoms with Crippen LogP contribution in [0.2, 0.25) is 0 Å². The average molecular weight is 436 g/mol. The number of rotatable bonds is 6. The molecule has 0 saturated heterocycles. The molecule has 0 bridgehead atoms. The van der Waals surface area contributed by atoms with Crippen molar-refractivity contribution in [1.82, 2.24) is 14.1 Å². The summed E-state index contributed by atoms with van der Waals surface area (Å²) >= 11 is 0. The van der Waals surface area contributed by atoms with E-state index >= 15 is 0 Å². The Labute approximate surface area is 183 Å². The molecule has 32 heavy (non-hydrogen) atoms. The van der Waals surface area contributed by atoms with E-state index in [1.165, 1.54) is 11.6 Å². The van der Waals surface area contributed by atoms with Gasteiger partial charge in [-0.25, -0.2) is 14.6 Å². The van der Waals surface area contributed by atoms with Gasteiger partial charge in [0.15, 0.2) is 0 Å². The number of nitrogens with zero attached hydrogens (tertiary/aromatic N) is 3. The quantitative estimate of drug-likeness (QED) is 0.592. The highest BCUT2D eigenvalue weighted by atomic mass is 16.5. The molecule has 3 aromatic rings. The van der Waals surface area contributed by atoms with Crippen LogP contribution in [0.3, 0.4) is 0 Å². The molecule has 9 nitrogen and oxygen atoms in total. The molecule has 2 heterocycles. The molecule has 0 radical (unpaired) electrons. The molecule has 1 fully saturated rings. The second kappa shape index (κ2) is 8.41. The number of hydrogen-bond donors (Lipinski definition) is 1. The Bertz CT molecular complexity index is 1330. The first kappa shape index (κ1) is 21.5. The van der Waals surface area contributed by atoms with Crippen LogP contribution in [-0.4, -0.2) is 32.6 Å². The molecule has 0 spiro atoms. The highest BCUT2D eigenvalue weighted by Crippen LogP contribution is 2.39. The standard InChI is InChI=1S/C23H24N4O5/c1-4-32-22(30)16-11-17(14-7-8-14)25-20-19(16)21(29)27(23(31)26(20)3)12-18(28)24-15-9-5-13(2)6-10-15/h5-6,9-11,14H,4,7-8,12H2,1-3H3,(H,24,28). The predicted molar refractivity (Wildman–Crippen MR) is 119 cm³/mol. The molecule has 9 heteroatoms. The molecule has 1 amide bonds. The topological polar surface area (TPSA) is 112 Å². The Morgan fingerprint density at radius 3 is 2.50 bits per heavy atom. The van der Waals surface area contributed by atoms with Crippen molar-refractivity contribution in [3.8, 4) is 0 Å². The Morgan fingerprint density at radius 1 is 1.19 bits per heavy atom. The van der Waals surface area contributed by atoms with Crippen molar-refractivity contribution in [2.24, 2.45) is 7.05 Å². The van der Waals surface area contributed by atoms with Gasteiger partial charge in [-0.2, -0.15) is 0 Å². The van der Waals surface area contributed by atoms with Gasteiger partial charge < -0.3 is 10.1 Å². The van der Waals surface area contributed by atoms with Crippen LogP contribution in [0.1, 0.15) is 47.3 Å². The van der Waals surface area contributed by atoms with Crippen molar-refractivity contribution in [3.63, 3.8) is 0 Å². The number of pyridine rings is 1. The van der Waals surface area contributed by atoms with E-state index in [0.29, 0.717) is 11.4 Å². The van der Waals surface area contributed by atoms with Crippen molar-refractivity contribution in [3.05, 3.63) is 68.0 Å². The van der Waals surface area contributed by atoms with Crippen LogP contribution in [0.4, 0.5) is 5.69 Å². The first-order valence-corrected chi connectivity index (χ1v) is 10.5. The predicted octanol–water partition coefficient (Wildman–Crippen LogP) is 2.10. The molecule has 0 atom stereocenters. The maximum absolute atomic E-state index is 13.3. The Balaban J connectivity index is 1.80. The lowest BCUT2D eigenvalue weighted by Crippen LogP contribution is -2.42. The van der Waals surface area contributed by atoms with Gasteiger partial charge in [0.1, 0.15) is 12.2 Å². The average Bonchev–Trinajstić information content (AvgIpc) is 3.61. The van der Waals surface area contributed by atoms with E-state index in [9.17, 15) is 19.2 Å². The summed E-state index contributed by atoms with van der Waals surface area (Å²) in [6, 6.07) is 8.71. The van der Waals surface area contributed by atoms with E-state index in [2.05, 4.69) is 10.3 Å². The van der Waals surface area contributed by atoms with E-state index in [4.69, 9.17) is 4.74 Å². The number of esters is 1. The SMILES string of the molecule is CCOC(=O)c1cc(C2CC2)nc2c1c(=O)n(CC(=O)Nc1ccc(C)cc1)c(=O)n2C. The molecule has 2 aromatic heterocycles. The largest absolute Gasteiger partial charge is 0.462 e. The summed E-state index contributed by atoms with van der Waals surface area (Å²) in [5.41, 5.74) is 0.984. The van der Waals surface area contributed by atoms with Gasteiger partial charge in [0.05, 0.1) is 17.6 Å². The molecule has 0 aliphatic heterocycles. The minimum Gasteiger partial charge on any atom is -0.462 e. The fraction of sp³-hybridized carbons (Fsp3) is 0.348. The van der Waals surface area contributed by atoms with Crippen LogP contribution in [0.25, 0.3) is 11.0 Å². The second-order valence-corrected chi connectivity index (χ2v) is 7.94. The Hall–Kier alpha value is -3.75. The van der Waals surface area contributed by atoms with Crippen LogP contribution in [-0.2, 0) is 23.1 Å². The van der Waals surface area contributed by atoms with Gasteiger partial charge in [-0.05, 0) is 44.9 Å². The molecule has 1 N–H and O–H groups in total. The van der Waals surface area contributed by atoms with Gasteiger partial charge in [-0.3, -0.25) is 18.7 Å². The number of aryl methyl sites for hydroxylation is 2. The molecule has 4 rings (SSSR count). The second-order valence-electron chi connectivity index (χ2n) is 7.94. The molecule has 1 saturated carbocycles. The van der Waals surface area contributed by atoms with E-state index in [1.54, 1.807) is 25.1 Å². The van der Waals surface area contributed by atoms with Gasteiger partial charge >= 0.3 is 11.7 Å². The molecular weight excluding hydrogens is 412 g/mol. The number of benzene rings is 1. The molecule has 0 unspecified atom stereocenters. The zero-order valence-corrected chi connectivity index (χ0v) is 18.2. The van der Waals surface area contributed by atoms with Gasteiger partial charge in [0.2, 0.25) is 5.91 Å². The number of nitrogens with one attached hydrogen (secondary N) is 1. The lowest BCUT2D eigenvalue weighted by molar-refractivity contribution is -0.116. The van der Waals surface area contributed by atoms with Crippen LogP contribution < -0.4 is 16.6 Å². The summed E-state index contributed by atoms with van der Waals surface area (Å²) in [4.78, 5) is 55.9. The zero-order chi connectivity index (χ0) is 23.0. The van der Waals surface area contributed by atoms with Crippen molar-refractivity contribution in [2.75, 3.05) is 11.9 Å². The lowest BCUT2D eigenvalue weighted by atomic mass is 10.1. The summed E-state index contributed by atoms with van der Waals surface area (Å²) in [5, 5.41) is 2.65. The van der Waals surface area contributed by atoms with Crippen molar-refractivity contribution in [1.29, 1.82) is 0 Å². The third-order valence-corrected chi connectivity index (χ3v) is 5.44. The van der Waals surface area contributed by atoms with Crippen LogP contribution in [0.15, 0.2) is 39.9 Å². The minimum atomic E-state index is -0.750. The molecule has 166 valence electrons. The van der Waals surface area contributed by atoms with Crippen LogP contribution >= 0.6 is 0 Å². The number of carbonyl (C=O) groups is 2. The zero-order valence-electron chi connectivity index (χ0n) is 18.2. The fourth-order valence-electron chi connectivity index (χ4n) is 3.58. The van der Waals surface area contributed by atoms with Crippen molar-refractivity contribution >= 4 is 28.6 Å².